The van der Waals surface area contributed by atoms with Crippen molar-refractivity contribution in [2.24, 2.45) is 0 Å². The van der Waals surface area contributed by atoms with Crippen LogP contribution in [-0.2, 0) is 25.7 Å². The molecular weight excluding hydrogens is 667 g/mol. The summed E-state index contributed by atoms with van der Waals surface area (Å²) < 4.78 is 41.8. The lowest BCUT2D eigenvalue weighted by atomic mass is 9.94. The Bertz CT molecular complexity index is 2000. The lowest BCUT2D eigenvalue weighted by Gasteiger charge is -2.22. The van der Waals surface area contributed by atoms with Crippen LogP contribution in [0.4, 0.5) is 0 Å². The maximum Gasteiger partial charge on any atom is 0.338 e. The van der Waals surface area contributed by atoms with E-state index in [4.69, 9.17) is 19.6 Å². The molecule has 0 amide bonds. The third-order valence-corrected chi connectivity index (χ3v) is 10.6. The Kier molecular flexibility index (Phi) is 13.8. The highest BCUT2D eigenvalue weighted by Crippen LogP contribution is 2.38. The summed E-state index contributed by atoms with van der Waals surface area (Å²) in [5.41, 5.74) is 2.57. The second kappa shape index (κ2) is 18.2. The summed E-state index contributed by atoms with van der Waals surface area (Å²) >= 11 is 0. The summed E-state index contributed by atoms with van der Waals surface area (Å²) in [7, 11) is -1.79. The zero-order valence-corrected chi connectivity index (χ0v) is 30.0. The molecule has 0 aliphatic heterocycles. The quantitative estimate of drug-likeness (QED) is 0.0775. The average Bonchev–Trinajstić information content (AvgIpc) is 3.58. The van der Waals surface area contributed by atoms with Gasteiger partial charge in [-0.1, -0.05) is 136 Å². The lowest BCUT2D eigenvalue weighted by Crippen LogP contribution is -2.22. The van der Waals surface area contributed by atoms with E-state index in [0.717, 1.165) is 44.1 Å². The highest BCUT2D eigenvalue weighted by molar-refractivity contribution is 7.91. The molecule has 0 spiro atoms. The molecule has 0 saturated heterocycles. The Morgan fingerprint density at radius 1 is 0.667 bits per heavy atom. The van der Waals surface area contributed by atoms with Crippen molar-refractivity contribution >= 4 is 21.8 Å². The number of sulfone groups is 1. The molecule has 2 atom stereocenters. The zero-order chi connectivity index (χ0) is 35.5. The van der Waals surface area contributed by atoms with Gasteiger partial charge in [-0.3, -0.25) is 0 Å². The van der Waals surface area contributed by atoms with E-state index >= 15 is 0 Å². The number of hydrogen-bond acceptors (Lipinski definition) is 8. The number of benzene rings is 4. The van der Waals surface area contributed by atoms with Gasteiger partial charge in [0.2, 0.25) is 9.84 Å². The van der Waals surface area contributed by atoms with Gasteiger partial charge in [0.15, 0.2) is 0 Å². The number of rotatable bonds is 16. The van der Waals surface area contributed by atoms with Crippen LogP contribution in [0.2, 0.25) is 0 Å². The first-order chi connectivity index (χ1) is 24.3. The number of unbranched alkanes of at least 4 members (excludes halogenated alkanes) is 5. The molecular formula is C40H45N3O7S. The molecule has 5 rings (SSSR count). The first kappa shape index (κ1) is 38.7. The highest BCUT2D eigenvalue weighted by atomic mass is 32.2. The van der Waals surface area contributed by atoms with E-state index in [2.05, 4.69) is 6.92 Å². The van der Waals surface area contributed by atoms with Crippen LogP contribution in [0.25, 0.3) is 0 Å². The van der Waals surface area contributed by atoms with Crippen LogP contribution in [0.3, 0.4) is 0 Å². The smallest absolute Gasteiger partial charge is 0.338 e. The minimum absolute atomic E-state index is 0. The van der Waals surface area contributed by atoms with Crippen molar-refractivity contribution < 1.29 is 33.0 Å². The number of esters is 2. The molecule has 11 heteroatoms. The number of aromatic nitrogens is 3. The standard InChI is InChI=1S/C40H43N3O6S.H2O/c1-4-5-6-7-8-15-28-35-41-40(42-43(35)36(29-20-11-9-12-21-29)31-24-16-18-26-33(31)38(44)48-2)50(46,47)37(30-22-13-10-14-23-30)32-25-17-19-27-34(32)39(45)49-3;/h9-14,16-27,36-37H,4-8,15,28H2,1-3H3;1H2. The number of aryl methyl sites for hydroxylation is 1. The van der Waals surface area contributed by atoms with Gasteiger partial charge >= 0.3 is 11.9 Å². The fraction of sp³-hybridized carbons (Fsp3) is 0.300. The lowest BCUT2D eigenvalue weighted by molar-refractivity contribution is 0.0590. The van der Waals surface area contributed by atoms with E-state index in [9.17, 15) is 18.0 Å². The molecule has 0 aliphatic carbocycles. The molecule has 0 aliphatic rings. The van der Waals surface area contributed by atoms with Gasteiger partial charge in [0.25, 0.3) is 5.16 Å². The molecule has 0 bridgehead atoms. The van der Waals surface area contributed by atoms with Crippen molar-refractivity contribution in [1.29, 1.82) is 0 Å². The molecule has 2 N–H and O–H groups in total. The number of carbonyl (C=O) groups is 2. The van der Waals surface area contributed by atoms with Crippen LogP contribution < -0.4 is 0 Å². The number of nitrogens with zero attached hydrogens (tertiary/aromatic N) is 3. The van der Waals surface area contributed by atoms with Gasteiger partial charge in [-0.2, -0.15) is 0 Å². The number of carbonyl (C=O) groups excluding carboxylic acids is 2. The predicted octanol–water partition coefficient (Wildman–Crippen LogP) is 7.13. The first-order valence-corrected chi connectivity index (χ1v) is 18.5. The van der Waals surface area contributed by atoms with Crippen molar-refractivity contribution in [3.63, 3.8) is 0 Å². The minimum Gasteiger partial charge on any atom is -0.465 e. The third-order valence-electron chi connectivity index (χ3n) is 8.77. The Morgan fingerprint density at radius 3 is 1.75 bits per heavy atom. The van der Waals surface area contributed by atoms with Crippen LogP contribution in [0.15, 0.2) is 114 Å². The largest absolute Gasteiger partial charge is 0.465 e. The first-order valence-electron chi connectivity index (χ1n) is 17.0. The fourth-order valence-corrected chi connectivity index (χ4v) is 8.00. The molecule has 10 nitrogen and oxygen atoms in total. The molecule has 1 heterocycles. The van der Waals surface area contributed by atoms with Crippen LogP contribution in [0, 0.1) is 0 Å². The second-order valence-electron chi connectivity index (χ2n) is 12.1. The van der Waals surface area contributed by atoms with Gasteiger partial charge in [-0.25, -0.2) is 27.7 Å². The highest BCUT2D eigenvalue weighted by Gasteiger charge is 2.38. The van der Waals surface area contributed by atoms with Gasteiger partial charge in [0, 0.05) is 6.42 Å². The maximum absolute atomic E-state index is 15.0. The number of methoxy groups -OCH3 is 2. The van der Waals surface area contributed by atoms with E-state index in [1.165, 1.54) is 14.2 Å². The topological polar surface area (TPSA) is 149 Å². The molecule has 268 valence electrons. The molecule has 4 aromatic carbocycles. The number of ether oxygens (including phenoxy) is 2. The molecule has 0 saturated carbocycles. The van der Waals surface area contributed by atoms with Crippen LogP contribution in [-0.4, -0.2) is 54.8 Å². The maximum atomic E-state index is 15.0. The van der Waals surface area contributed by atoms with E-state index in [1.807, 2.05) is 42.5 Å². The Labute approximate surface area is 299 Å². The summed E-state index contributed by atoms with van der Waals surface area (Å²) in [6.45, 7) is 2.17. The SMILES string of the molecule is CCCCCCCCc1nc(S(=O)(=O)C(c2ccccc2)c2ccccc2C(=O)OC)nn1C(c1ccccc1)c1ccccc1C(=O)OC.O. The Balaban J connectivity index is 0.00000583. The molecule has 0 radical (unpaired) electrons. The fourth-order valence-electron chi connectivity index (χ4n) is 6.29. The van der Waals surface area contributed by atoms with E-state index in [-0.39, 0.29) is 21.8 Å². The van der Waals surface area contributed by atoms with Crippen LogP contribution in [0.5, 0.6) is 0 Å². The van der Waals surface area contributed by atoms with Crippen molar-refractivity contribution in [3.05, 3.63) is 148 Å². The van der Waals surface area contributed by atoms with E-state index < -0.39 is 33.1 Å². The van der Waals surface area contributed by atoms with Crippen molar-refractivity contribution in [3.8, 4) is 0 Å². The van der Waals surface area contributed by atoms with Crippen molar-refractivity contribution in [1.82, 2.24) is 14.8 Å². The number of hydrogen-bond donors (Lipinski definition) is 0. The molecule has 51 heavy (non-hydrogen) atoms. The zero-order valence-electron chi connectivity index (χ0n) is 29.2. The summed E-state index contributed by atoms with van der Waals surface area (Å²) in [6, 6.07) is 31.2. The van der Waals surface area contributed by atoms with Crippen LogP contribution in [0.1, 0.15) is 106 Å². The summed E-state index contributed by atoms with van der Waals surface area (Å²) in [6.07, 6.45) is 6.66. The Morgan fingerprint density at radius 2 is 1.16 bits per heavy atom. The summed E-state index contributed by atoms with van der Waals surface area (Å²) in [5.74, 6) is -0.696. The predicted molar refractivity (Wildman–Crippen MR) is 195 cm³/mol. The normalized spacial score (nSPS) is 12.4. The second-order valence-corrected chi connectivity index (χ2v) is 14.0. The molecule has 0 fully saturated rings. The molecule has 2 unspecified atom stereocenters. The summed E-state index contributed by atoms with van der Waals surface area (Å²) in [5, 5.41) is 3.12. The van der Waals surface area contributed by atoms with Crippen LogP contribution >= 0.6 is 0 Å². The van der Waals surface area contributed by atoms with Crippen molar-refractivity contribution in [2.75, 3.05) is 14.2 Å². The summed E-state index contributed by atoms with van der Waals surface area (Å²) in [4.78, 5) is 30.8. The van der Waals surface area contributed by atoms with Gasteiger partial charge < -0.3 is 14.9 Å². The van der Waals surface area contributed by atoms with Crippen molar-refractivity contribution in [2.45, 2.75) is 68.3 Å². The van der Waals surface area contributed by atoms with E-state index in [0.29, 0.717) is 28.9 Å². The van der Waals surface area contributed by atoms with Gasteiger partial charge in [-0.15, -0.1) is 5.10 Å². The monoisotopic (exact) mass is 711 g/mol. The van der Waals surface area contributed by atoms with Gasteiger partial charge in [0.05, 0.1) is 25.3 Å². The Hall–Kier alpha value is -5.13. The average molecular weight is 712 g/mol. The van der Waals surface area contributed by atoms with Gasteiger partial charge in [-0.05, 0) is 40.8 Å². The van der Waals surface area contributed by atoms with E-state index in [1.54, 1.807) is 71.4 Å². The third kappa shape index (κ3) is 8.79. The molecule has 5 aromatic rings. The van der Waals surface area contributed by atoms with Gasteiger partial charge in [0.1, 0.15) is 17.1 Å². The minimum atomic E-state index is -4.39. The molecule has 1 aromatic heterocycles.